The van der Waals surface area contributed by atoms with Gasteiger partial charge in [0.15, 0.2) is 0 Å². The molecule has 14 heavy (non-hydrogen) atoms. The molecule has 0 atom stereocenters. The minimum Gasteiger partial charge on any atom is -0.207 e. The van der Waals surface area contributed by atoms with Gasteiger partial charge in [0.25, 0.3) is 5.92 Å². The van der Waals surface area contributed by atoms with Gasteiger partial charge in [0.05, 0.1) is 0 Å². The zero-order valence-electron chi connectivity index (χ0n) is 9.37. The van der Waals surface area contributed by atoms with E-state index in [1.54, 1.807) is 6.08 Å². The third-order valence-corrected chi connectivity index (χ3v) is 3.15. The zero-order valence-corrected chi connectivity index (χ0v) is 9.37. The van der Waals surface area contributed by atoms with E-state index in [4.69, 9.17) is 0 Å². The second-order valence-corrected chi connectivity index (χ2v) is 4.92. The lowest BCUT2D eigenvalue weighted by Crippen LogP contribution is -2.24. The third kappa shape index (κ3) is 2.79. The van der Waals surface area contributed by atoms with Crippen molar-refractivity contribution in [1.82, 2.24) is 0 Å². The predicted octanol–water partition coefficient (Wildman–Crippen LogP) is 4.56. The molecule has 1 rings (SSSR count). The van der Waals surface area contributed by atoms with E-state index in [1.165, 1.54) is 5.57 Å². The van der Waals surface area contributed by atoms with Crippen molar-refractivity contribution in [2.45, 2.75) is 58.8 Å². The van der Waals surface area contributed by atoms with Gasteiger partial charge in [0.1, 0.15) is 0 Å². The van der Waals surface area contributed by atoms with Gasteiger partial charge in [0, 0.05) is 12.8 Å². The molecule has 0 nitrogen and oxygen atoms in total. The molecule has 82 valence electrons. The Labute approximate surface area is 85.4 Å². The van der Waals surface area contributed by atoms with E-state index >= 15 is 0 Å². The molecule has 0 bridgehead atoms. The molecule has 0 saturated heterocycles. The van der Waals surface area contributed by atoms with Gasteiger partial charge in [-0.05, 0) is 18.3 Å². The van der Waals surface area contributed by atoms with Crippen LogP contribution in [0.3, 0.4) is 0 Å². The summed E-state index contributed by atoms with van der Waals surface area (Å²) in [5.41, 5.74) is 1.34. The Hall–Kier alpha value is -0.400. The molecule has 0 unspecified atom stereocenters. The highest BCUT2D eigenvalue weighted by atomic mass is 19.3. The summed E-state index contributed by atoms with van der Waals surface area (Å²) in [6.45, 7) is 6.46. The SMILES string of the molecule is CCCC(C)(C)C1=CCC(F)(F)CC1. The van der Waals surface area contributed by atoms with E-state index in [-0.39, 0.29) is 18.3 Å². The fourth-order valence-electron chi connectivity index (χ4n) is 2.19. The molecule has 0 N–H and O–H groups in total. The van der Waals surface area contributed by atoms with Crippen LogP contribution in [0.15, 0.2) is 11.6 Å². The minimum atomic E-state index is -2.45. The summed E-state index contributed by atoms with van der Waals surface area (Å²) in [7, 11) is 0. The Kier molecular flexibility index (Phi) is 3.33. The lowest BCUT2D eigenvalue weighted by Gasteiger charge is -2.32. The van der Waals surface area contributed by atoms with Gasteiger partial charge in [-0.25, -0.2) is 8.78 Å². The van der Waals surface area contributed by atoms with Crippen molar-refractivity contribution in [1.29, 1.82) is 0 Å². The molecule has 2 heteroatoms. The first-order valence-electron chi connectivity index (χ1n) is 5.45. The highest BCUT2D eigenvalue weighted by Gasteiger charge is 2.34. The number of alkyl halides is 2. The first-order chi connectivity index (χ1) is 6.37. The molecular weight excluding hydrogens is 182 g/mol. The summed E-state index contributed by atoms with van der Waals surface area (Å²) in [6.07, 6.45) is 4.51. The van der Waals surface area contributed by atoms with Crippen LogP contribution < -0.4 is 0 Å². The van der Waals surface area contributed by atoms with Gasteiger partial charge >= 0.3 is 0 Å². The Morgan fingerprint density at radius 2 is 2.07 bits per heavy atom. The van der Waals surface area contributed by atoms with Crippen LogP contribution in [0, 0.1) is 5.41 Å². The van der Waals surface area contributed by atoms with Gasteiger partial charge in [0.2, 0.25) is 0 Å². The molecule has 0 fully saturated rings. The molecule has 0 aromatic carbocycles. The van der Waals surface area contributed by atoms with Gasteiger partial charge in [-0.3, -0.25) is 0 Å². The Bertz CT molecular complexity index is 226. The van der Waals surface area contributed by atoms with Crippen molar-refractivity contribution in [3.63, 3.8) is 0 Å². The van der Waals surface area contributed by atoms with Crippen molar-refractivity contribution in [3.05, 3.63) is 11.6 Å². The van der Waals surface area contributed by atoms with Crippen LogP contribution >= 0.6 is 0 Å². The van der Waals surface area contributed by atoms with Crippen molar-refractivity contribution in [3.8, 4) is 0 Å². The van der Waals surface area contributed by atoms with Crippen LogP contribution in [-0.2, 0) is 0 Å². The normalized spacial score (nSPS) is 21.9. The van der Waals surface area contributed by atoms with Crippen LogP contribution in [0.5, 0.6) is 0 Å². The maximum absolute atomic E-state index is 12.9. The topological polar surface area (TPSA) is 0 Å². The highest BCUT2D eigenvalue weighted by molar-refractivity contribution is 5.16. The number of allylic oxidation sites excluding steroid dienone is 2. The van der Waals surface area contributed by atoms with E-state index in [0.717, 1.165) is 12.8 Å². The maximum Gasteiger partial charge on any atom is 0.251 e. The molecule has 0 aromatic rings. The van der Waals surface area contributed by atoms with Crippen LogP contribution in [0.2, 0.25) is 0 Å². The van der Waals surface area contributed by atoms with E-state index < -0.39 is 5.92 Å². The molecule has 0 aliphatic heterocycles. The molecule has 0 saturated carbocycles. The van der Waals surface area contributed by atoms with E-state index in [0.29, 0.717) is 6.42 Å². The van der Waals surface area contributed by atoms with Crippen molar-refractivity contribution < 1.29 is 8.78 Å². The van der Waals surface area contributed by atoms with E-state index in [1.807, 2.05) is 0 Å². The Morgan fingerprint density at radius 3 is 2.50 bits per heavy atom. The van der Waals surface area contributed by atoms with Gasteiger partial charge in [-0.15, -0.1) is 0 Å². The van der Waals surface area contributed by atoms with Crippen LogP contribution in [0.4, 0.5) is 8.78 Å². The average molecular weight is 202 g/mol. The molecule has 0 amide bonds. The maximum atomic E-state index is 12.9. The molecule has 1 aliphatic carbocycles. The summed E-state index contributed by atoms with van der Waals surface area (Å²) in [4.78, 5) is 0. The van der Waals surface area contributed by atoms with Crippen LogP contribution in [0.25, 0.3) is 0 Å². The lowest BCUT2D eigenvalue weighted by molar-refractivity contribution is -0.0108. The molecular formula is C12H20F2. The molecule has 0 radical (unpaired) electrons. The number of halogens is 2. The Balaban J connectivity index is 2.67. The summed E-state index contributed by atoms with van der Waals surface area (Å²) in [6, 6.07) is 0. The smallest absolute Gasteiger partial charge is 0.207 e. The fourth-order valence-corrected chi connectivity index (χ4v) is 2.19. The largest absolute Gasteiger partial charge is 0.251 e. The van der Waals surface area contributed by atoms with E-state index in [9.17, 15) is 8.78 Å². The first-order valence-corrected chi connectivity index (χ1v) is 5.45. The summed E-state index contributed by atoms with van der Waals surface area (Å²) in [5, 5.41) is 0. The van der Waals surface area contributed by atoms with Gasteiger partial charge in [-0.1, -0.05) is 38.8 Å². The van der Waals surface area contributed by atoms with Crippen molar-refractivity contribution in [2.24, 2.45) is 5.41 Å². The zero-order chi connectivity index (χ0) is 10.8. The quantitative estimate of drug-likeness (QED) is 0.588. The monoisotopic (exact) mass is 202 g/mol. The van der Waals surface area contributed by atoms with Crippen LogP contribution in [-0.4, -0.2) is 5.92 Å². The standard InChI is InChI=1S/C12H20F2/c1-4-7-11(2,3)10-5-8-12(13,14)9-6-10/h5H,4,6-9H2,1-3H3. The molecule has 0 heterocycles. The lowest BCUT2D eigenvalue weighted by atomic mass is 9.75. The molecule has 0 spiro atoms. The number of hydrogen-bond donors (Lipinski definition) is 0. The number of hydrogen-bond acceptors (Lipinski definition) is 0. The second-order valence-electron chi connectivity index (χ2n) is 4.92. The van der Waals surface area contributed by atoms with Gasteiger partial charge in [-0.2, -0.15) is 0 Å². The van der Waals surface area contributed by atoms with Crippen molar-refractivity contribution in [2.75, 3.05) is 0 Å². The Morgan fingerprint density at radius 1 is 1.43 bits per heavy atom. The summed E-state index contributed by atoms with van der Waals surface area (Å²) >= 11 is 0. The van der Waals surface area contributed by atoms with Crippen LogP contribution in [0.1, 0.15) is 52.9 Å². The average Bonchev–Trinajstić information content (AvgIpc) is 2.03. The summed E-state index contributed by atoms with van der Waals surface area (Å²) in [5.74, 6) is -2.45. The highest BCUT2D eigenvalue weighted by Crippen LogP contribution is 2.41. The number of rotatable bonds is 3. The molecule has 0 aromatic heterocycles. The van der Waals surface area contributed by atoms with Gasteiger partial charge < -0.3 is 0 Å². The van der Waals surface area contributed by atoms with Crippen molar-refractivity contribution >= 4 is 0 Å². The fraction of sp³-hybridized carbons (Fsp3) is 0.833. The third-order valence-electron chi connectivity index (χ3n) is 3.15. The first kappa shape index (κ1) is 11.7. The minimum absolute atomic E-state index is 0.0337. The molecule has 1 aliphatic rings. The predicted molar refractivity (Wildman–Crippen MR) is 55.6 cm³/mol. The second kappa shape index (κ2) is 4.00. The van der Waals surface area contributed by atoms with E-state index in [2.05, 4.69) is 20.8 Å². The summed E-state index contributed by atoms with van der Waals surface area (Å²) < 4.78 is 25.8.